The van der Waals surface area contributed by atoms with E-state index in [1.165, 1.54) is 0 Å². The van der Waals surface area contributed by atoms with E-state index in [2.05, 4.69) is 10.2 Å². The van der Waals surface area contributed by atoms with E-state index in [9.17, 15) is 13.2 Å². The Bertz CT molecular complexity index is 363. The fraction of sp³-hybridized carbons (Fsp3) is 0.778. The van der Waals surface area contributed by atoms with Crippen LogP contribution in [0.4, 0.5) is 19.2 Å². The minimum atomic E-state index is -4.13. The lowest BCUT2D eigenvalue weighted by Gasteiger charge is -2.28. The van der Waals surface area contributed by atoms with Crippen LogP contribution < -0.4 is 5.73 Å². The molecule has 1 aromatic rings. The largest absolute Gasteiger partial charge is 0.408 e. The highest BCUT2D eigenvalue weighted by Crippen LogP contribution is 2.43. The summed E-state index contributed by atoms with van der Waals surface area (Å²) < 4.78 is 42.6. The Labute approximate surface area is 90.0 Å². The van der Waals surface area contributed by atoms with Gasteiger partial charge in [-0.15, -0.1) is 5.10 Å². The van der Waals surface area contributed by atoms with Crippen molar-refractivity contribution in [3.05, 3.63) is 5.89 Å². The number of halogens is 3. The average Bonchev–Trinajstić information content (AvgIpc) is 2.64. The molecular formula is C9H12F3N3O. The van der Waals surface area contributed by atoms with Crippen LogP contribution in [-0.2, 0) is 0 Å². The fourth-order valence-corrected chi connectivity index (χ4v) is 2.12. The maximum atomic E-state index is 12.5. The van der Waals surface area contributed by atoms with E-state index in [-0.39, 0.29) is 30.7 Å². The smallest absolute Gasteiger partial charge is 0.391 e. The third-order valence-corrected chi connectivity index (χ3v) is 2.94. The molecule has 0 aromatic carbocycles. The molecule has 0 radical (unpaired) electrons. The van der Waals surface area contributed by atoms with E-state index >= 15 is 0 Å². The molecule has 0 bridgehead atoms. The van der Waals surface area contributed by atoms with Gasteiger partial charge in [-0.25, -0.2) is 0 Å². The van der Waals surface area contributed by atoms with Crippen molar-refractivity contribution < 1.29 is 17.6 Å². The maximum Gasteiger partial charge on any atom is 0.391 e. The summed E-state index contributed by atoms with van der Waals surface area (Å²) in [7, 11) is 0. The molecule has 1 aliphatic rings. The number of hydrogen-bond acceptors (Lipinski definition) is 4. The highest BCUT2D eigenvalue weighted by atomic mass is 19.4. The standard InChI is InChI=1S/C9H12F3N3O/c10-9(11,12)6-3-1-2-5(4-6)7-14-15-8(13)16-7/h5-6H,1-4H2,(H2,13,15)/t5-,6-/m1/s1. The Morgan fingerprint density at radius 1 is 1.25 bits per heavy atom. The molecule has 0 amide bonds. The summed E-state index contributed by atoms with van der Waals surface area (Å²) in [4.78, 5) is 0. The molecule has 0 unspecified atom stereocenters. The minimum Gasteiger partial charge on any atom is -0.408 e. The summed E-state index contributed by atoms with van der Waals surface area (Å²) in [5.74, 6) is -1.35. The van der Waals surface area contributed by atoms with Crippen molar-refractivity contribution in [2.24, 2.45) is 5.92 Å². The van der Waals surface area contributed by atoms with Gasteiger partial charge >= 0.3 is 12.2 Å². The van der Waals surface area contributed by atoms with Gasteiger partial charge in [0.25, 0.3) is 0 Å². The zero-order chi connectivity index (χ0) is 11.8. The van der Waals surface area contributed by atoms with Gasteiger partial charge in [0.1, 0.15) is 0 Å². The number of alkyl halides is 3. The van der Waals surface area contributed by atoms with Crippen LogP contribution in [-0.4, -0.2) is 16.4 Å². The van der Waals surface area contributed by atoms with Gasteiger partial charge in [0.2, 0.25) is 5.89 Å². The van der Waals surface area contributed by atoms with Crippen LogP contribution in [0.1, 0.15) is 37.5 Å². The van der Waals surface area contributed by atoms with Gasteiger partial charge in [-0.2, -0.15) is 13.2 Å². The number of rotatable bonds is 1. The Kier molecular flexibility index (Phi) is 2.77. The van der Waals surface area contributed by atoms with Crippen molar-refractivity contribution in [1.29, 1.82) is 0 Å². The molecule has 2 N–H and O–H groups in total. The molecule has 1 saturated carbocycles. The molecular weight excluding hydrogens is 223 g/mol. The van der Waals surface area contributed by atoms with Crippen LogP contribution in [0, 0.1) is 5.92 Å². The molecule has 16 heavy (non-hydrogen) atoms. The summed E-state index contributed by atoms with van der Waals surface area (Å²) in [5.41, 5.74) is 5.24. The molecule has 1 fully saturated rings. The summed E-state index contributed by atoms with van der Waals surface area (Å²) in [6.45, 7) is 0. The second-order valence-corrected chi connectivity index (χ2v) is 4.08. The molecule has 1 aliphatic carbocycles. The molecule has 1 heterocycles. The SMILES string of the molecule is Nc1nnc([C@@H]2CCC[C@@H](C(F)(F)F)C2)o1. The van der Waals surface area contributed by atoms with E-state index in [1.807, 2.05) is 0 Å². The number of nitrogens with zero attached hydrogens (tertiary/aromatic N) is 2. The first-order chi connectivity index (χ1) is 7.47. The molecule has 2 atom stereocenters. The number of anilines is 1. The van der Waals surface area contributed by atoms with Gasteiger partial charge in [-0.3, -0.25) is 0 Å². The predicted molar refractivity (Wildman–Crippen MR) is 49.5 cm³/mol. The van der Waals surface area contributed by atoms with Crippen LogP contribution in [0.3, 0.4) is 0 Å². The van der Waals surface area contributed by atoms with Crippen molar-refractivity contribution in [2.75, 3.05) is 5.73 Å². The minimum absolute atomic E-state index is 0.0190. The lowest BCUT2D eigenvalue weighted by molar-refractivity contribution is -0.183. The van der Waals surface area contributed by atoms with Crippen LogP contribution in [0.2, 0.25) is 0 Å². The summed E-state index contributed by atoms with van der Waals surface area (Å²) >= 11 is 0. The van der Waals surface area contributed by atoms with Crippen molar-refractivity contribution in [1.82, 2.24) is 10.2 Å². The Morgan fingerprint density at radius 3 is 2.56 bits per heavy atom. The van der Waals surface area contributed by atoms with Gasteiger partial charge < -0.3 is 10.2 Å². The summed E-state index contributed by atoms with van der Waals surface area (Å²) in [5, 5.41) is 7.11. The first-order valence-corrected chi connectivity index (χ1v) is 5.12. The van der Waals surface area contributed by atoms with Crippen molar-refractivity contribution in [2.45, 2.75) is 37.8 Å². The van der Waals surface area contributed by atoms with Gasteiger partial charge in [0.05, 0.1) is 5.92 Å². The molecule has 90 valence electrons. The number of nitrogen functional groups attached to an aromatic ring is 1. The van der Waals surface area contributed by atoms with Crippen molar-refractivity contribution >= 4 is 6.01 Å². The van der Waals surface area contributed by atoms with Crippen LogP contribution >= 0.6 is 0 Å². The molecule has 7 heteroatoms. The molecule has 0 aliphatic heterocycles. The lowest BCUT2D eigenvalue weighted by Crippen LogP contribution is -2.28. The molecule has 2 rings (SSSR count). The predicted octanol–water partition coefficient (Wildman–Crippen LogP) is 2.49. The van der Waals surface area contributed by atoms with Crippen LogP contribution in [0.5, 0.6) is 0 Å². The Morgan fingerprint density at radius 2 is 2.00 bits per heavy atom. The first-order valence-electron chi connectivity index (χ1n) is 5.12. The number of nitrogens with two attached hydrogens (primary N) is 1. The summed E-state index contributed by atoms with van der Waals surface area (Å²) in [6, 6.07) is -0.0934. The van der Waals surface area contributed by atoms with E-state index in [1.54, 1.807) is 0 Å². The Hall–Kier alpha value is -1.27. The highest BCUT2D eigenvalue weighted by Gasteiger charge is 2.43. The first kappa shape index (κ1) is 11.2. The molecule has 0 spiro atoms. The second kappa shape index (κ2) is 3.95. The highest BCUT2D eigenvalue weighted by molar-refractivity contribution is 5.07. The third-order valence-electron chi connectivity index (χ3n) is 2.94. The van der Waals surface area contributed by atoms with Gasteiger partial charge in [0.15, 0.2) is 0 Å². The Balaban J connectivity index is 2.07. The monoisotopic (exact) mass is 235 g/mol. The number of hydrogen-bond donors (Lipinski definition) is 1. The average molecular weight is 235 g/mol. The van der Waals surface area contributed by atoms with Gasteiger partial charge in [-0.1, -0.05) is 11.5 Å². The fourth-order valence-electron chi connectivity index (χ4n) is 2.12. The molecule has 4 nitrogen and oxygen atoms in total. The second-order valence-electron chi connectivity index (χ2n) is 4.08. The van der Waals surface area contributed by atoms with Crippen molar-refractivity contribution in [3.63, 3.8) is 0 Å². The lowest BCUT2D eigenvalue weighted by atomic mass is 9.81. The van der Waals surface area contributed by atoms with E-state index < -0.39 is 12.1 Å². The van der Waals surface area contributed by atoms with E-state index in [4.69, 9.17) is 10.2 Å². The zero-order valence-electron chi connectivity index (χ0n) is 8.50. The van der Waals surface area contributed by atoms with Gasteiger partial charge in [0, 0.05) is 5.92 Å². The van der Waals surface area contributed by atoms with Crippen LogP contribution in [0.25, 0.3) is 0 Å². The quantitative estimate of drug-likeness (QED) is 0.812. The van der Waals surface area contributed by atoms with Crippen molar-refractivity contribution in [3.8, 4) is 0 Å². The topological polar surface area (TPSA) is 64.9 Å². The van der Waals surface area contributed by atoms with E-state index in [0.717, 1.165) is 0 Å². The zero-order valence-corrected chi connectivity index (χ0v) is 8.50. The number of aromatic nitrogens is 2. The normalized spacial score (nSPS) is 26.9. The third kappa shape index (κ3) is 2.28. The maximum absolute atomic E-state index is 12.5. The molecule has 1 aromatic heterocycles. The van der Waals surface area contributed by atoms with Crippen LogP contribution in [0.15, 0.2) is 4.42 Å². The summed E-state index contributed by atoms with van der Waals surface area (Å²) in [6.07, 6.45) is -2.76. The van der Waals surface area contributed by atoms with Gasteiger partial charge in [-0.05, 0) is 19.3 Å². The van der Waals surface area contributed by atoms with E-state index in [0.29, 0.717) is 12.8 Å². The molecule has 0 saturated heterocycles.